The second-order valence-electron chi connectivity index (χ2n) is 7.60. The minimum absolute atomic E-state index is 0.240. The normalized spacial score (nSPS) is 17.0. The van der Waals surface area contributed by atoms with E-state index in [2.05, 4.69) is 26.1 Å². The molecule has 3 rings (SSSR count). The van der Waals surface area contributed by atoms with Gasteiger partial charge in [0, 0.05) is 4.88 Å². The van der Waals surface area contributed by atoms with E-state index in [1.165, 1.54) is 16.2 Å². The quantitative estimate of drug-likeness (QED) is 0.708. The van der Waals surface area contributed by atoms with Crippen LogP contribution < -0.4 is 5.32 Å². The maximum absolute atomic E-state index is 12.5. The van der Waals surface area contributed by atoms with Crippen LogP contribution in [0.25, 0.3) is 0 Å². The Balaban J connectivity index is 1.89. The van der Waals surface area contributed by atoms with Gasteiger partial charge in [-0.25, -0.2) is 0 Å². The summed E-state index contributed by atoms with van der Waals surface area (Å²) in [6.45, 7) is 6.78. The molecule has 0 saturated carbocycles. The van der Waals surface area contributed by atoms with Gasteiger partial charge in [-0.15, -0.1) is 11.3 Å². The second kappa shape index (κ2) is 6.93. The van der Waals surface area contributed by atoms with Crippen LogP contribution in [-0.4, -0.2) is 12.2 Å². The first-order chi connectivity index (χ1) is 11.8. The van der Waals surface area contributed by atoms with Crippen LogP contribution in [0.15, 0.2) is 24.3 Å². The van der Waals surface area contributed by atoms with Crippen LogP contribution in [0.5, 0.6) is 0 Å². The summed E-state index contributed by atoms with van der Waals surface area (Å²) >= 11 is 7.63. The highest BCUT2D eigenvalue weighted by molar-refractivity contribution is 7.17. The SMILES string of the molecule is CC(C)(C)C1CCc2c(sc(NC(=O)c3ccccc3Cl)c2C=O)C1. The number of hydrogen-bond donors (Lipinski definition) is 1. The van der Waals surface area contributed by atoms with E-state index in [-0.39, 0.29) is 11.3 Å². The lowest BCUT2D eigenvalue weighted by atomic mass is 9.72. The number of aldehydes is 1. The predicted octanol–water partition coefficient (Wildman–Crippen LogP) is 5.62. The molecule has 1 amide bonds. The molecule has 0 saturated heterocycles. The first kappa shape index (κ1) is 18.2. The number of carbonyl (C=O) groups excluding carboxylic acids is 2. The van der Waals surface area contributed by atoms with Crippen molar-refractivity contribution in [3.63, 3.8) is 0 Å². The van der Waals surface area contributed by atoms with Crippen molar-refractivity contribution < 1.29 is 9.59 Å². The van der Waals surface area contributed by atoms with E-state index in [1.807, 2.05) is 0 Å². The van der Waals surface area contributed by atoms with Crippen molar-refractivity contribution >= 4 is 40.1 Å². The average molecular weight is 376 g/mol. The van der Waals surface area contributed by atoms with Gasteiger partial charge in [-0.2, -0.15) is 0 Å². The number of halogens is 1. The monoisotopic (exact) mass is 375 g/mol. The number of fused-ring (bicyclic) bond motifs is 1. The van der Waals surface area contributed by atoms with Crippen molar-refractivity contribution in [1.29, 1.82) is 0 Å². The third-order valence-electron chi connectivity index (χ3n) is 4.99. The molecule has 1 aliphatic carbocycles. The highest BCUT2D eigenvalue weighted by Crippen LogP contribution is 2.43. The third-order valence-corrected chi connectivity index (χ3v) is 6.51. The molecule has 5 heteroatoms. The fraction of sp³-hybridized carbons (Fsp3) is 0.400. The Labute approximate surface area is 157 Å². The third kappa shape index (κ3) is 3.65. The van der Waals surface area contributed by atoms with Gasteiger partial charge < -0.3 is 5.32 Å². The van der Waals surface area contributed by atoms with E-state index < -0.39 is 0 Å². The molecule has 1 aromatic heterocycles. The molecular formula is C20H22ClNO2S. The molecule has 132 valence electrons. The Morgan fingerprint density at radius 3 is 2.68 bits per heavy atom. The Kier molecular flexibility index (Phi) is 5.03. The summed E-state index contributed by atoms with van der Waals surface area (Å²) in [5.41, 5.74) is 2.40. The molecule has 25 heavy (non-hydrogen) atoms. The van der Waals surface area contributed by atoms with E-state index in [0.717, 1.165) is 31.1 Å². The number of carbonyl (C=O) groups is 2. The van der Waals surface area contributed by atoms with Crippen molar-refractivity contribution in [1.82, 2.24) is 0 Å². The molecule has 1 heterocycles. The molecule has 1 atom stereocenters. The molecule has 0 aliphatic heterocycles. The van der Waals surface area contributed by atoms with E-state index in [9.17, 15) is 9.59 Å². The molecule has 1 unspecified atom stereocenters. The maximum Gasteiger partial charge on any atom is 0.257 e. The van der Waals surface area contributed by atoms with E-state index in [1.54, 1.807) is 24.3 Å². The lowest BCUT2D eigenvalue weighted by Crippen LogP contribution is -2.26. The Bertz CT molecular complexity index is 820. The van der Waals surface area contributed by atoms with Gasteiger partial charge in [0.15, 0.2) is 6.29 Å². The maximum atomic E-state index is 12.5. The first-order valence-corrected chi connectivity index (χ1v) is 9.66. The summed E-state index contributed by atoms with van der Waals surface area (Å²) in [7, 11) is 0. The van der Waals surface area contributed by atoms with Gasteiger partial charge in [0.05, 0.1) is 16.1 Å². The summed E-state index contributed by atoms with van der Waals surface area (Å²) < 4.78 is 0. The van der Waals surface area contributed by atoms with E-state index in [4.69, 9.17) is 11.6 Å². The summed E-state index contributed by atoms with van der Waals surface area (Å²) in [6.07, 6.45) is 3.80. The number of hydrogen-bond acceptors (Lipinski definition) is 3. The summed E-state index contributed by atoms with van der Waals surface area (Å²) in [5, 5.41) is 3.94. The van der Waals surface area contributed by atoms with Gasteiger partial charge in [0.2, 0.25) is 0 Å². The van der Waals surface area contributed by atoms with Crippen molar-refractivity contribution in [3.05, 3.63) is 50.9 Å². The van der Waals surface area contributed by atoms with Crippen LogP contribution >= 0.6 is 22.9 Å². The fourth-order valence-corrected chi connectivity index (χ4v) is 4.90. The zero-order chi connectivity index (χ0) is 18.2. The van der Waals surface area contributed by atoms with Crippen LogP contribution in [0.2, 0.25) is 5.02 Å². The van der Waals surface area contributed by atoms with Crippen LogP contribution in [0.4, 0.5) is 5.00 Å². The van der Waals surface area contributed by atoms with Crippen molar-refractivity contribution in [3.8, 4) is 0 Å². The Morgan fingerprint density at radius 1 is 1.32 bits per heavy atom. The molecule has 0 fully saturated rings. The lowest BCUT2D eigenvalue weighted by Gasteiger charge is -2.33. The number of anilines is 1. The average Bonchev–Trinajstić information content (AvgIpc) is 2.90. The summed E-state index contributed by atoms with van der Waals surface area (Å²) in [5.74, 6) is 0.310. The highest BCUT2D eigenvalue weighted by Gasteiger charge is 2.32. The zero-order valence-electron chi connectivity index (χ0n) is 14.7. The number of benzene rings is 1. The van der Waals surface area contributed by atoms with E-state index >= 15 is 0 Å². The minimum Gasteiger partial charge on any atom is -0.313 e. The topological polar surface area (TPSA) is 46.2 Å². The number of amides is 1. The molecule has 1 aromatic carbocycles. The zero-order valence-corrected chi connectivity index (χ0v) is 16.3. The first-order valence-electron chi connectivity index (χ1n) is 8.47. The molecule has 1 N–H and O–H groups in total. The molecule has 3 nitrogen and oxygen atoms in total. The van der Waals surface area contributed by atoms with Crippen molar-refractivity contribution in [2.75, 3.05) is 5.32 Å². The lowest BCUT2D eigenvalue weighted by molar-refractivity contribution is 0.102. The smallest absolute Gasteiger partial charge is 0.257 e. The number of rotatable bonds is 3. The second-order valence-corrected chi connectivity index (χ2v) is 9.12. The van der Waals surface area contributed by atoms with Crippen LogP contribution in [0, 0.1) is 11.3 Å². The summed E-state index contributed by atoms with van der Waals surface area (Å²) in [4.78, 5) is 25.4. The molecule has 0 bridgehead atoms. The number of nitrogens with one attached hydrogen (secondary N) is 1. The van der Waals surface area contributed by atoms with Crippen molar-refractivity contribution in [2.24, 2.45) is 11.3 Å². The minimum atomic E-state index is -0.278. The largest absolute Gasteiger partial charge is 0.313 e. The Hall–Kier alpha value is -1.65. The van der Waals surface area contributed by atoms with Gasteiger partial charge in [0.1, 0.15) is 5.00 Å². The van der Waals surface area contributed by atoms with Gasteiger partial charge in [-0.05, 0) is 48.3 Å². The molecule has 0 radical (unpaired) electrons. The van der Waals surface area contributed by atoms with Gasteiger partial charge in [-0.1, -0.05) is 44.5 Å². The van der Waals surface area contributed by atoms with E-state index in [0.29, 0.717) is 27.1 Å². The van der Waals surface area contributed by atoms with Crippen LogP contribution in [0.3, 0.4) is 0 Å². The molecule has 2 aromatic rings. The molecular weight excluding hydrogens is 354 g/mol. The highest BCUT2D eigenvalue weighted by atomic mass is 35.5. The summed E-state index contributed by atoms with van der Waals surface area (Å²) in [6, 6.07) is 6.92. The van der Waals surface area contributed by atoms with Gasteiger partial charge in [-0.3, -0.25) is 9.59 Å². The molecule has 1 aliphatic rings. The predicted molar refractivity (Wildman–Crippen MR) is 104 cm³/mol. The van der Waals surface area contributed by atoms with Crippen LogP contribution in [0.1, 0.15) is 58.3 Å². The number of thiophene rings is 1. The van der Waals surface area contributed by atoms with Crippen LogP contribution in [-0.2, 0) is 12.8 Å². The standard InChI is InChI=1S/C20H22ClNO2S/c1-20(2,3)12-8-9-13-15(11-23)19(25-17(13)10-12)22-18(24)14-6-4-5-7-16(14)21/h4-7,11-12H,8-10H2,1-3H3,(H,22,24). The van der Waals surface area contributed by atoms with Gasteiger partial charge in [0.25, 0.3) is 5.91 Å². The van der Waals surface area contributed by atoms with Gasteiger partial charge >= 0.3 is 0 Å². The van der Waals surface area contributed by atoms with Crippen molar-refractivity contribution in [2.45, 2.75) is 40.0 Å². The Morgan fingerprint density at radius 2 is 2.04 bits per heavy atom. The molecule has 0 spiro atoms. The fourth-order valence-electron chi connectivity index (χ4n) is 3.38.